The molecule has 2 atom stereocenters. The van der Waals surface area contributed by atoms with Crippen LogP contribution in [0.3, 0.4) is 0 Å². The van der Waals surface area contributed by atoms with Gasteiger partial charge < -0.3 is 10.6 Å². The molecule has 1 aromatic carbocycles. The number of anilines is 1. The van der Waals surface area contributed by atoms with E-state index in [0.717, 1.165) is 19.3 Å². The Labute approximate surface area is 124 Å². The van der Waals surface area contributed by atoms with Crippen LogP contribution < -0.4 is 10.6 Å². The van der Waals surface area contributed by atoms with E-state index < -0.39 is 4.92 Å². The van der Waals surface area contributed by atoms with Gasteiger partial charge in [-0.2, -0.15) is 0 Å². The highest BCUT2D eigenvalue weighted by atomic mass is 16.6. The van der Waals surface area contributed by atoms with Crippen LogP contribution in [0.15, 0.2) is 18.2 Å². The number of nitrogens with zero attached hydrogens (tertiary/aromatic N) is 1. The molecule has 1 aromatic rings. The molecule has 1 aliphatic rings. The Balaban J connectivity index is 1.99. The van der Waals surface area contributed by atoms with Crippen LogP contribution in [0, 0.1) is 23.0 Å². The number of rotatable bonds is 3. The van der Waals surface area contributed by atoms with E-state index in [0.29, 0.717) is 17.2 Å². The number of amides is 2. The summed E-state index contributed by atoms with van der Waals surface area (Å²) < 4.78 is 0. The minimum atomic E-state index is -0.443. The maximum Gasteiger partial charge on any atom is 0.319 e. The first-order valence-corrected chi connectivity index (χ1v) is 7.29. The Hall–Kier alpha value is -2.11. The zero-order chi connectivity index (χ0) is 15.4. The van der Waals surface area contributed by atoms with Crippen molar-refractivity contribution in [1.29, 1.82) is 0 Å². The first-order valence-electron chi connectivity index (χ1n) is 7.29. The standard InChI is InChI=1S/C15H21N3O3/c1-10-5-3-6-12(9-10)16-15(19)17-13-7-4-8-14(11(13)2)18(20)21/h4,7-8,10,12H,3,5-6,9H2,1-2H3,(H2,16,17,19)/t10-,12+/m1/s1. The van der Waals surface area contributed by atoms with Crippen LogP contribution in [0.25, 0.3) is 0 Å². The molecule has 0 aromatic heterocycles. The third-order valence-corrected chi connectivity index (χ3v) is 4.02. The fourth-order valence-electron chi connectivity index (χ4n) is 2.87. The van der Waals surface area contributed by atoms with E-state index in [4.69, 9.17) is 0 Å². The SMILES string of the molecule is Cc1c(NC(=O)N[C@H]2CCC[C@@H](C)C2)cccc1[N+](=O)[O-]. The van der Waals surface area contributed by atoms with Crippen molar-refractivity contribution in [1.82, 2.24) is 5.32 Å². The van der Waals surface area contributed by atoms with Gasteiger partial charge in [0, 0.05) is 12.1 Å². The molecule has 0 heterocycles. The van der Waals surface area contributed by atoms with E-state index in [-0.39, 0.29) is 17.8 Å². The number of nitrogens with one attached hydrogen (secondary N) is 2. The number of urea groups is 1. The molecule has 0 saturated heterocycles. The van der Waals surface area contributed by atoms with Gasteiger partial charge in [0.1, 0.15) is 0 Å². The Bertz CT molecular complexity index is 545. The molecule has 0 unspecified atom stereocenters. The highest BCUT2D eigenvalue weighted by Gasteiger charge is 2.21. The van der Waals surface area contributed by atoms with E-state index in [1.807, 2.05) is 0 Å². The molecule has 6 heteroatoms. The average Bonchev–Trinajstić information content (AvgIpc) is 2.40. The second kappa shape index (κ2) is 6.56. The second-order valence-electron chi connectivity index (χ2n) is 5.77. The third kappa shape index (κ3) is 3.93. The maximum absolute atomic E-state index is 12.0. The molecule has 21 heavy (non-hydrogen) atoms. The van der Waals surface area contributed by atoms with Gasteiger partial charge in [-0.1, -0.05) is 25.8 Å². The summed E-state index contributed by atoms with van der Waals surface area (Å²) in [4.78, 5) is 22.5. The zero-order valence-corrected chi connectivity index (χ0v) is 12.4. The molecule has 2 rings (SSSR count). The summed E-state index contributed by atoms with van der Waals surface area (Å²) >= 11 is 0. The molecule has 0 spiro atoms. The van der Waals surface area contributed by atoms with E-state index >= 15 is 0 Å². The van der Waals surface area contributed by atoms with E-state index in [9.17, 15) is 14.9 Å². The molecular formula is C15H21N3O3. The number of nitro benzene ring substituents is 1. The lowest BCUT2D eigenvalue weighted by Gasteiger charge is -2.27. The quantitative estimate of drug-likeness (QED) is 0.659. The van der Waals surface area contributed by atoms with Crippen molar-refractivity contribution >= 4 is 17.4 Å². The van der Waals surface area contributed by atoms with Crippen LogP contribution in [-0.4, -0.2) is 17.0 Å². The van der Waals surface area contributed by atoms with Crippen LogP contribution >= 0.6 is 0 Å². The predicted octanol–water partition coefficient (Wildman–Crippen LogP) is 3.60. The molecule has 6 nitrogen and oxygen atoms in total. The molecule has 1 fully saturated rings. The van der Waals surface area contributed by atoms with Gasteiger partial charge in [-0.05, 0) is 31.7 Å². The number of hydrogen-bond acceptors (Lipinski definition) is 3. The van der Waals surface area contributed by atoms with Crippen LogP contribution in [0.4, 0.5) is 16.2 Å². The highest BCUT2D eigenvalue weighted by Crippen LogP contribution is 2.26. The second-order valence-corrected chi connectivity index (χ2v) is 5.77. The van der Waals surface area contributed by atoms with Crippen LogP contribution in [0.5, 0.6) is 0 Å². The Morgan fingerprint density at radius 2 is 2.14 bits per heavy atom. The third-order valence-electron chi connectivity index (χ3n) is 4.02. The summed E-state index contributed by atoms with van der Waals surface area (Å²) in [6, 6.07) is 4.57. The van der Waals surface area contributed by atoms with Crippen LogP contribution in [0.2, 0.25) is 0 Å². The van der Waals surface area contributed by atoms with Crippen LogP contribution in [-0.2, 0) is 0 Å². The van der Waals surface area contributed by atoms with Crippen molar-refractivity contribution in [2.75, 3.05) is 5.32 Å². The van der Waals surface area contributed by atoms with Crippen molar-refractivity contribution in [2.24, 2.45) is 5.92 Å². The fraction of sp³-hybridized carbons (Fsp3) is 0.533. The van der Waals surface area contributed by atoms with Crippen molar-refractivity contribution in [3.05, 3.63) is 33.9 Å². The summed E-state index contributed by atoms with van der Waals surface area (Å²) in [6.07, 6.45) is 4.32. The lowest BCUT2D eigenvalue weighted by molar-refractivity contribution is -0.385. The number of hydrogen-bond donors (Lipinski definition) is 2. The topological polar surface area (TPSA) is 84.3 Å². The summed E-state index contributed by atoms with van der Waals surface area (Å²) in [5, 5.41) is 16.6. The molecule has 2 amide bonds. The minimum Gasteiger partial charge on any atom is -0.335 e. The van der Waals surface area contributed by atoms with Gasteiger partial charge in [0.2, 0.25) is 0 Å². The van der Waals surface area contributed by atoms with Crippen molar-refractivity contribution in [2.45, 2.75) is 45.6 Å². The van der Waals surface area contributed by atoms with Crippen molar-refractivity contribution < 1.29 is 9.72 Å². The first-order chi connectivity index (χ1) is 9.97. The Kier molecular flexibility index (Phi) is 4.77. The molecule has 0 aliphatic heterocycles. The van der Waals surface area contributed by atoms with E-state index in [2.05, 4.69) is 17.6 Å². The molecule has 0 bridgehead atoms. The molecule has 1 saturated carbocycles. The minimum absolute atomic E-state index is 0.0130. The first kappa shape index (κ1) is 15.3. The lowest BCUT2D eigenvalue weighted by atomic mass is 9.87. The Morgan fingerprint density at radius 1 is 1.38 bits per heavy atom. The van der Waals surface area contributed by atoms with Gasteiger partial charge >= 0.3 is 6.03 Å². The number of benzene rings is 1. The molecule has 2 N–H and O–H groups in total. The normalized spacial score (nSPS) is 21.6. The fourth-order valence-corrected chi connectivity index (χ4v) is 2.87. The highest BCUT2D eigenvalue weighted by molar-refractivity contribution is 5.90. The lowest BCUT2D eigenvalue weighted by Crippen LogP contribution is -2.40. The van der Waals surface area contributed by atoms with Gasteiger partial charge in [0.25, 0.3) is 5.69 Å². The van der Waals surface area contributed by atoms with Gasteiger partial charge in [-0.15, -0.1) is 0 Å². The molecule has 1 aliphatic carbocycles. The molecular weight excluding hydrogens is 270 g/mol. The van der Waals surface area contributed by atoms with E-state index in [1.165, 1.54) is 12.5 Å². The number of carbonyl (C=O) groups is 1. The number of nitro groups is 1. The summed E-state index contributed by atoms with van der Waals surface area (Å²) in [5.41, 5.74) is 0.958. The van der Waals surface area contributed by atoms with Gasteiger partial charge in [-0.25, -0.2) is 4.79 Å². The Morgan fingerprint density at radius 3 is 2.81 bits per heavy atom. The zero-order valence-electron chi connectivity index (χ0n) is 12.4. The maximum atomic E-state index is 12.0. The summed E-state index contributed by atoms with van der Waals surface area (Å²) in [7, 11) is 0. The van der Waals surface area contributed by atoms with Crippen molar-refractivity contribution in [3.63, 3.8) is 0 Å². The molecule has 114 valence electrons. The van der Waals surface area contributed by atoms with Gasteiger partial charge in [0.05, 0.1) is 16.2 Å². The van der Waals surface area contributed by atoms with Gasteiger partial charge in [0.15, 0.2) is 0 Å². The predicted molar refractivity (Wildman–Crippen MR) is 81.4 cm³/mol. The van der Waals surface area contributed by atoms with Crippen LogP contribution in [0.1, 0.15) is 38.2 Å². The number of carbonyl (C=O) groups excluding carboxylic acids is 1. The van der Waals surface area contributed by atoms with E-state index in [1.54, 1.807) is 19.1 Å². The average molecular weight is 291 g/mol. The molecule has 0 radical (unpaired) electrons. The van der Waals surface area contributed by atoms with Gasteiger partial charge in [-0.3, -0.25) is 10.1 Å². The summed E-state index contributed by atoms with van der Waals surface area (Å²) in [6.45, 7) is 3.83. The smallest absolute Gasteiger partial charge is 0.319 e. The largest absolute Gasteiger partial charge is 0.335 e. The summed E-state index contributed by atoms with van der Waals surface area (Å²) in [5.74, 6) is 0.628. The van der Waals surface area contributed by atoms with Crippen molar-refractivity contribution in [3.8, 4) is 0 Å². The monoisotopic (exact) mass is 291 g/mol.